The normalized spacial score (nSPS) is 11.3. The molecule has 1 amide bonds. The average molecular weight is 350 g/mol. The maximum absolute atomic E-state index is 11.6. The molecule has 1 aromatic rings. The summed E-state index contributed by atoms with van der Waals surface area (Å²) in [6.45, 7) is 9.79. The highest BCUT2D eigenvalue weighted by Gasteiger charge is 2.05. The van der Waals surface area contributed by atoms with Crippen LogP contribution in [-0.4, -0.2) is 29.9 Å². The van der Waals surface area contributed by atoms with Crippen molar-refractivity contribution in [1.82, 2.24) is 10.2 Å². The molecule has 1 aromatic carbocycles. The number of benzene rings is 1. The Labute approximate surface area is 146 Å². The van der Waals surface area contributed by atoms with Crippen molar-refractivity contribution >= 4 is 30.7 Å². The zero-order chi connectivity index (χ0) is 15.0. The lowest BCUT2D eigenvalue weighted by molar-refractivity contribution is -0.121. The third-order valence-corrected chi connectivity index (χ3v) is 3.29. The minimum Gasteiger partial charge on any atom is -0.352 e. The summed E-state index contributed by atoms with van der Waals surface area (Å²) in [5.74, 6) is 0.00847. The van der Waals surface area contributed by atoms with Gasteiger partial charge in [0.1, 0.15) is 0 Å². The van der Waals surface area contributed by atoms with Gasteiger partial charge in [0.2, 0.25) is 5.91 Å². The van der Waals surface area contributed by atoms with Crippen LogP contribution < -0.4 is 11.1 Å². The highest BCUT2D eigenvalue weighted by Crippen LogP contribution is 2.08. The van der Waals surface area contributed by atoms with Gasteiger partial charge < -0.3 is 11.1 Å². The Morgan fingerprint density at radius 1 is 1.23 bits per heavy atom. The van der Waals surface area contributed by atoms with Crippen molar-refractivity contribution in [1.29, 1.82) is 0 Å². The van der Waals surface area contributed by atoms with E-state index in [0.29, 0.717) is 13.0 Å². The van der Waals surface area contributed by atoms with Crippen molar-refractivity contribution in [3.63, 3.8) is 0 Å². The van der Waals surface area contributed by atoms with Crippen LogP contribution in [0.15, 0.2) is 24.3 Å². The molecule has 0 saturated heterocycles. The van der Waals surface area contributed by atoms with Crippen molar-refractivity contribution in [3.05, 3.63) is 35.4 Å². The first kappa shape index (κ1) is 23.5. The second-order valence-corrected chi connectivity index (χ2v) is 5.24. The molecule has 0 radical (unpaired) electrons. The molecule has 0 bridgehead atoms. The summed E-state index contributed by atoms with van der Waals surface area (Å²) in [6, 6.07) is 8.28. The van der Waals surface area contributed by atoms with Crippen molar-refractivity contribution in [2.75, 3.05) is 13.1 Å². The van der Waals surface area contributed by atoms with Gasteiger partial charge in [-0.1, -0.05) is 38.1 Å². The van der Waals surface area contributed by atoms with E-state index < -0.39 is 0 Å². The van der Waals surface area contributed by atoms with Gasteiger partial charge in [0.25, 0.3) is 0 Å². The molecular weight excluding hydrogens is 321 g/mol. The third-order valence-electron chi connectivity index (χ3n) is 3.29. The highest BCUT2D eigenvalue weighted by atomic mass is 35.5. The molecule has 4 nitrogen and oxygen atoms in total. The SMILES string of the molecule is CCN(CC)Cc1cccc(CNC(=O)CC(C)N)c1.Cl.Cl. The van der Waals surface area contributed by atoms with Crippen molar-refractivity contribution in [2.45, 2.75) is 46.3 Å². The molecule has 6 heteroatoms. The molecule has 1 unspecified atom stereocenters. The fraction of sp³-hybridized carbons (Fsp3) is 0.562. The number of nitrogens with two attached hydrogens (primary N) is 1. The molecule has 0 spiro atoms. The van der Waals surface area contributed by atoms with Crippen LogP contribution in [0.5, 0.6) is 0 Å². The van der Waals surface area contributed by atoms with Crippen LogP contribution in [0.25, 0.3) is 0 Å². The topological polar surface area (TPSA) is 58.4 Å². The highest BCUT2D eigenvalue weighted by molar-refractivity contribution is 5.85. The Morgan fingerprint density at radius 3 is 2.36 bits per heavy atom. The number of nitrogens with zero attached hydrogens (tertiary/aromatic N) is 1. The van der Waals surface area contributed by atoms with Gasteiger partial charge in [-0.2, -0.15) is 0 Å². The molecule has 0 aliphatic rings. The average Bonchev–Trinajstić information content (AvgIpc) is 2.42. The van der Waals surface area contributed by atoms with E-state index in [1.54, 1.807) is 0 Å². The Bertz CT molecular complexity index is 424. The lowest BCUT2D eigenvalue weighted by Gasteiger charge is -2.18. The van der Waals surface area contributed by atoms with Crippen LogP contribution in [0.1, 0.15) is 38.3 Å². The van der Waals surface area contributed by atoms with Gasteiger partial charge in [0.05, 0.1) is 0 Å². The summed E-state index contributed by atoms with van der Waals surface area (Å²) in [5.41, 5.74) is 8.02. The van der Waals surface area contributed by atoms with E-state index in [9.17, 15) is 4.79 Å². The second kappa shape index (κ2) is 12.7. The lowest BCUT2D eigenvalue weighted by Crippen LogP contribution is -2.29. The summed E-state index contributed by atoms with van der Waals surface area (Å²) in [5, 5.41) is 2.91. The Kier molecular flexibility index (Phi) is 13.5. The smallest absolute Gasteiger partial charge is 0.221 e. The molecule has 0 saturated carbocycles. The van der Waals surface area contributed by atoms with E-state index in [2.05, 4.69) is 36.2 Å². The standard InChI is InChI=1S/C16H27N3O.2ClH/c1-4-19(5-2)12-15-8-6-7-14(10-15)11-18-16(20)9-13(3)17;;/h6-8,10,13H,4-5,9,11-12,17H2,1-3H3,(H,18,20);2*1H. The third kappa shape index (κ3) is 9.26. The summed E-state index contributed by atoms with van der Waals surface area (Å²) in [7, 11) is 0. The Balaban J connectivity index is 0. The first-order chi connectivity index (χ1) is 9.55. The predicted octanol–water partition coefficient (Wildman–Crippen LogP) is 2.73. The van der Waals surface area contributed by atoms with E-state index in [1.165, 1.54) is 5.56 Å². The first-order valence-corrected chi connectivity index (χ1v) is 7.37. The minimum atomic E-state index is -0.0935. The number of carbonyl (C=O) groups is 1. The lowest BCUT2D eigenvalue weighted by atomic mass is 10.1. The molecule has 0 fully saturated rings. The summed E-state index contributed by atoms with van der Waals surface area (Å²) >= 11 is 0. The zero-order valence-corrected chi connectivity index (χ0v) is 15.3. The van der Waals surface area contributed by atoms with Gasteiger partial charge in [-0.05, 0) is 31.1 Å². The molecule has 0 aromatic heterocycles. The molecule has 128 valence electrons. The van der Waals surface area contributed by atoms with Crippen molar-refractivity contribution in [2.24, 2.45) is 5.73 Å². The second-order valence-electron chi connectivity index (χ2n) is 5.24. The predicted molar refractivity (Wildman–Crippen MR) is 97.7 cm³/mol. The van der Waals surface area contributed by atoms with Gasteiger partial charge in [-0.3, -0.25) is 9.69 Å². The van der Waals surface area contributed by atoms with E-state index in [4.69, 9.17) is 5.73 Å². The van der Waals surface area contributed by atoms with Gasteiger partial charge in [0.15, 0.2) is 0 Å². The number of hydrogen-bond acceptors (Lipinski definition) is 3. The number of hydrogen-bond donors (Lipinski definition) is 2. The number of carbonyl (C=O) groups excluding carboxylic acids is 1. The largest absolute Gasteiger partial charge is 0.352 e. The number of amides is 1. The Morgan fingerprint density at radius 2 is 1.82 bits per heavy atom. The van der Waals surface area contributed by atoms with Crippen LogP contribution in [-0.2, 0) is 17.9 Å². The van der Waals surface area contributed by atoms with Crippen molar-refractivity contribution in [3.8, 4) is 0 Å². The van der Waals surface area contributed by atoms with Gasteiger partial charge in [-0.25, -0.2) is 0 Å². The van der Waals surface area contributed by atoms with E-state index >= 15 is 0 Å². The van der Waals surface area contributed by atoms with Gasteiger partial charge >= 0.3 is 0 Å². The molecule has 1 atom stereocenters. The Hall–Kier alpha value is -0.810. The zero-order valence-electron chi connectivity index (χ0n) is 13.7. The van der Waals surface area contributed by atoms with Crippen LogP contribution >= 0.6 is 24.8 Å². The maximum Gasteiger partial charge on any atom is 0.221 e. The first-order valence-electron chi connectivity index (χ1n) is 7.37. The summed E-state index contributed by atoms with van der Waals surface area (Å²) in [4.78, 5) is 14.0. The minimum absolute atomic E-state index is 0. The number of halogens is 2. The van der Waals surface area contributed by atoms with Gasteiger partial charge in [0, 0.05) is 25.6 Å². The number of nitrogens with one attached hydrogen (secondary N) is 1. The molecule has 1 rings (SSSR count). The van der Waals surface area contributed by atoms with E-state index in [-0.39, 0.29) is 36.8 Å². The fourth-order valence-electron chi connectivity index (χ4n) is 2.11. The van der Waals surface area contributed by atoms with E-state index in [0.717, 1.165) is 25.2 Å². The number of rotatable bonds is 8. The monoisotopic (exact) mass is 349 g/mol. The van der Waals surface area contributed by atoms with Crippen molar-refractivity contribution < 1.29 is 4.79 Å². The maximum atomic E-state index is 11.6. The molecule has 0 aliphatic carbocycles. The summed E-state index contributed by atoms with van der Waals surface area (Å²) in [6.07, 6.45) is 0.374. The molecule has 0 aliphatic heterocycles. The van der Waals surface area contributed by atoms with Crippen LogP contribution in [0, 0.1) is 0 Å². The van der Waals surface area contributed by atoms with E-state index in [1.807, 2.05) is 19.1 Å². The van der Waals surface area contributed by atoms with Crippen LogP contribution in [0.2, 0.25) is 0 Å². The van der Waals surface area contributed by atoms with Crippen LogP contribution in [0.4, 0.5) is 0 Å². The fourth-order valence-corrected chi connectivity index (χ4v) is 2.11. The molecule has 3 N–H and O–H groups in total. The summed E-state index contributed by atoms with van der Waals surface area (Å²) < 4.78 is 0. The molecule has 22 heavy (non-hydrogen) atoms. The molecule has 0 heterocycles. The quantitative estimate of drug-likeness (QED) is 0.758. The molecular formula is C16H29Cl2N3O. The van der Waals surface area contributed by atoms with Gasteiger partial charge in [-0.15, -0.1) is 24.8 Å². The van der Waals surface area contributed by atoms with Crippen LogP contribution in [0.3, 0.4) is 0 Å².